The van der Waals surface area contributed by atoms with Crippen LogP contribution in [0.3, 0.4) is 0 Å². The maximum atomic E-state index is 14.5. The van der Waals surface area contributed by atoms with Gasteiger partial charge in [0.05, 0.1) is 0 Å². The molecule has 0 aromatic heterocycles. The molecular weight excluding hydrogens is 347 g/mol. The van der Waals surface area contributed by atoms with Crippen LogP contribution in [0.1, 0.15) is 42.4 Å². The predicted octanol–water partition coefficient (Wildman–Crippen LogP) is 6.78. The number of halogens is 5. The summed E-state index contributed by atoms with van der Waals surface area (Å²) in [6, 6.07) is 8.70. The number of benzene rings is 2. The summed E-state index contributed by atoms with van der Waals surface area (Å²) >= 11 is 0. The van der Waals surface area contributed by atoms with Gasteiger partial charge in [-0.2, -0.15) is 0 Å². The van der Waals surface area contributed by atoms with Crippen LogP contribution in [-0.4, -0.2) is 0 Å². The molecule has 1 aliphatic carbocycles. The van der Waals surface area contributed by atoms with Gasteiger partial charge >= 0.3 is 0 Å². The number of aryl methyl sites for hydroxylation is 1. The second-order valence-corrected chi connectivity index (χ2v) is 6.35. The van der Waals surface area contributed by atoms with Crippen molar-refractivity contribution in [3.05, 3.63) is 88.3 Å². The number of allylic oxidation sites excluding steroid dienone is 4. The third kappa shape index (κ3) is 3.57. The second kappa shape index (κ2) is 7.44. The summed E-state index contributed by atoms with van der Waals surface area (Å²) < 4.78 is 68.9. The third-order valence-corrected chi connectivity index (χ3v) is 4.48. The first-order chi connectivity index (χ1) is 12.4. The van der Waals surface area contributed by atoms with Gasteiger partial charge in [-0.15, -0.1) is 0 Å². The minimum absolute atomic E-state index is 0.128. The fourth-order valence-corrected chi connectivity index (χ4v) is 3.17. The highest BCUT2D eigenvalue weighted by Gasteiger charge is 2.26. The van der Waals surface area contributed by atoms with E-state index in [0.29, 0.717) is 12.1 Å². The van der Waals surface area contributed by atoms with Gasteiger partial charge in [-0.3, -0.25) is 0 Å². The van der Waals surface area contributed by atoms with Crippen molar-refractivity contribution in [2.75, 3.05) is 0 Å². The molecule has 0 radical (unpaired) electrons. The molecule has 2 aromatic rings. The molecular formula is C21H17F5. The summed E-state index contributed by atoms with van der Waals surface area (Å²) in [7, 11) is 0. The van der Waals surface area contributed by atoms with E-state index in [-0.39, 0.29) is 12.0 Å². The van der Waals surface area contributed by atoms with E-state index in [1.807, 2.05) is 24.3 Å². The topological polar surface area (TPSA) is 0 Å². The molecule has 0 saturated carbocycles. The van der Waals surface area contributed by atoms with E-state index in [1.54, 1.807) is 0 Å². The first-order valence-electron chi connectivity index (χ1n) is 8.40. The molecule has 2 aromatic carbocycles. The van der Waals surface area contributed by atoms with Gasteiger partial charge in [-0.05, 0) is 41.3 Å². The molecule has 1 atom stereocenters. The van der Waals surface area contributed by atoms with Crippen molar-refractivity contribution >= 4 is 5.57 Å². The summed E-state index contributed by atoms with van der Waals surface area (Å²) in [6.07, 6.45) is 3.03. The minimum atomic E-state index is -1.67. The Morgan fingerprint density at radius 1 is 0.923 bits per heavy atom. The lowest BCUT2D eigenvalue weighted by atomic mass is 9.86. The van der Waals surface area contributed by atoms with Crippen LogP contribution in [-0.2, 0) is 6.42 Å². The fourth-order valence-electron chi connectivity index (χ4n) is 3.17. The molecule has 0 heterocycles. The molecule has 0 nitrogen and oxygen atoms in total. The molecule has 0 aliphatic heterocycles. The highest BCUT2D eigenvalue weighted by atomic mass is 19.2. The minimum Gasteiger partial charge on any atom is -0.211 e. The Morgan fingerprint density at radius 3 is 2.08 bits per heavy atom. The summed E-state index contributed by atoms with van der Waals surface area (Å²) in [5, 5.41) is 0. The first-order valence-corrected chi connectivity index (χ1v) is 8.40. The van der Waals surface area contributed by atoms with Crippen molar-refractivity contribution in [3.8, 4) is 0 Å². The molecule has 0 N–H and O–H groups in total. The Labute approximate surface area is 148 Å². The second-order valence-electron chi connectivity index (χ2n) is 6.35. The zero-order chi connectivity index (χ0) is 18.8. The SMILES string of the molecule is CCCc1ccc(C2C=C(F)C(c3cc(F)c(F)c(F)c3)=C(F)C2)cc1. The molecule has 5 heteroatoms. The van der Waals surface area contributed by atoms with E-state index < -0.39 is 40.6 Å². The summed E-state index contributed by atoms with van der Waals surface area (Å²) in [5.74, 6) is -6.88. The van der Waals surface area contributed by atoms with Crippen LogP contribution in [0.25, 0.3) is 5.57 Å². The Bertz CT molecular complexity index is 855. The normalized spacial score (nSPS) is 17.5. The van der Waals surface area contributed by atoms with Gasteiger partial charge in [0.1, 0.15) is 11.7 Å². The van der Waals surface area contributed by atoms with Gasteiger partial charge in [-0.1, -0.05) is 37.6 Å². The van der Waals surface area contributed by atoms with Crippen LogP contribution >= 0.6 is 0 Å². The van der Waals surface area contributed by atoms with Crippen molar-refractivity contribution in [3.63, 3.8) is 0 Å². The zero-order valence-electron chi connectivity index (χ0n) is 14.1. The van der Waals surface area contributed by atoms with Crippen LogP contribution in [0, 0.1) is 17.5 Å². The van der Waals surface area contributed by atoms with Crippen molar-refractivity contribution in [2.45, 2.75) is 32.1 Å². The Kier molecular flexibility index (Phi) is 5.25. The van der Waals surface area contributed by atoms with E-state index in [0.717, 1.165) is 24.0 Å². The average Bonchev–Trinajstić information content (AvgIpc) is 2.60. The summed E-state index contributed by atoms with van der Waals surface area (Å²) in [5.41, 5.74) is 1.02. The van der Waals surface area contributed by atoms with Crippen LogP contribution in [0.5, 0.6) is 0 Å². The highest BCUT2D eigenvalue weighted by molar-refractivity contribution is 5.80. The maximum absolute atomic E-state index is 14.5. The predicted molar refractivity (Wildman–Crippen MR) is 91.3 cm³/mol. The van der Waals surface area contributed by atoms with Gasteiger partial charge in [0, 0.05) is 17.9 Å². The Hall–Kier alpha value is -2.43. The van der Waals surface area contributed by atoms with Crippen LogP contribution < -0.4 is 0 Å². The smallest absolute Gasteiger partial charge is 0.194 e. The molecule has 26 heavy (non-hydrogen) atoms. The van der Waals surface area contributed by atoms with Gasteiger partial charge in [0.2, 0.25) is 0 Å². The summed E-state index contributed by atoms with van der Waals surface area (Å²) in [6.45, 7) is 2.07. The van der Waals surface area contributed by atoms with Gasteiger partial charge in [0.25, 0.3) is 0 Å². The lowest BCUT2D eigenvalue weighted by molar-refractivity contribution is 0.446. The Morgan fingerprint density at radius 2 is 1.54 bits per heavy atom. The van der Waals surface area contributed by atoms with Crippen LogP contribution in [0.4, 0.5) is 22.0 Å². The van der Waals surface area contributed by atoms with E-state index in [2.05, 4.69) is 6.92 Å². The molecule has 0 fully saturated rings. The van der Waals surface area contributed by atoms with Crippen molar-refractivity contribution in [1.29, 1.82) is 0 Å². The zero-order valence-corrected chi connectivity index (χ0v) is 14.1. The molecule has 0 bridgehead atoms. The van der Waals surface area contributed by atoms with Crippen molar-refractivity contribution < 1.29 is 22.0 Å². The average molecular weight is 364 g/mol. The standard InChI is InChI=1S/C21H17F5/c1-2-3-12-4-6-13(7-5-12)14-8-16(22)20(17(23)9-14)15-10-18(24)21(26)19(25)11-15/h4-8,10-11,14H,2-3,9H2,1H3. The van der Waals surface area contributed by atoms with Gasteiger partial charge in [0.15, 0.2) is 17.5 Å². The van der Waals surface area contributed by atoms with Gasteiger partial charge in [-0.25, -0.2) is 22.0 Å². The van der Waals surface area contributed by atoms with Crippen LogP contribution in [0.2, 0.25) is 0 Å². The lowest BCUT2D eigenvalue weighted by Crippen LogP contribution is -2.06. The molecule has 3 rings (SSSR count). The molecule has 0 amide bonds. The van der Waals surface area contributed by atoms with E-state index in [9.17, 15) is 22.0 Å². The number of rotatable bonds is 4. The fraction of sp³-hybridized carbons (Fsp3) is 0.238. The maximum Gasteiger partial charge on any atom is 0.194 e. The first kappa shape index (κ1) is 18.4. The lowest BCUT2D eigenvalue weighted by Gasteiger charge is -2.21. The molecule has 1 aliphatic rings. The molecule has 136 valence electrons. The van der Waals surface area contributed by atoms with E-state index in [1.165, 1.54) is 6.08 Å². The molecule has 1 unspecified atom stereocenters. The van der Waals surface area contributed by atoms with Crippen molar-refractivity contribution in [1.82, 2.24) is 0 Å². The third-order valence-electron chi connectivity index (χ3n) is 4.48. The van der Waals surface area contributed by atoms with Crippen molar-refractivity contribution in [2.24, 2.45) is 0 Å². The number of hydrogen-bond acceptors (Lipinski definition) is 0. The van der Waals surface area contributed by atoms with Gasteiger partial charge < -0.3 is 0 Å². The highest BCUT2D eigenvalue weighted by Crippen LogP contribution is 2.41. The van der Waals surface area contributed by atoms with Crippen LogP contribution in [0.15, 0.2) is 54.1 Å². The van der Waals surface area contributed by atoms with E-state index in [4.69, 9.17) is 0 Å². The monoisotopic (exact) mass is 364 g/mol. The molecule has 0 saturated heterocycles. The molecule has 0 spiro atoms. The number of hydrogen-bond donors (Lipinski definition) is 0. The quantitative estimate of drug-likeness (QED) is 0.414. The van der Waals surface area contributed by atoms with E-state index >= 15 is 0 Å². The Balaban J connectivity index is 1.91. The largest absolute Gasteiger partial charge is 0.211 e. The summed E-state index contributed by atoms with van der Waals surface area (Å²) in [4.78, 5) is 0.